The minimum absolute atomic E-state index is 0.0320. The molecule has 1 fully saturated rings. The van der Waals surface area contributed by atoms with E-state index in [1.807, 2.05) is 5.51 Å². The van der Waals surface area contributed by atoms with E-state index in [1.54, 1.807) is 11.3 Å². The van der Waals surface area contributed by atoms with Crippen molar-refractivity contribution < 1.29 is 0 Å². The Morgan fingerprint density at radius 1 is 1.54 bits per heavy atom. The molecule has 0 bridgehead atoms. The van der Waals surface area contributed by atoms with Gasteiger partial charge in [-0.05, 0) is 19.8 Å². The Bertz CT molecular complexity index is 323. The number of nitrogens with two attached hydrogens (primary N) is 1. The smallest absolute Gasteiger partial charge is 0.0797 e. The standard InChI is InChI=1S/C10H16N2S/c1-7-8(13-6-12-7)9(2,3)10(11)4-5-10/h6H,4-5,11H2,1-3H3. The van der Waals surface area contributed by atoms with Crippen molar-refractivity contribution in [1.82, 2.24) is 4.98 Å². The molecule has 0 unspecified atom stereocenters. The minimum atomic E-state index is 0.0320. The Hall–Kier alpha value is -0.410. The molecular formula is C10H16N2S. The van der Waals surface area contributed by atoms with Crippen LogP contribution in [0.5, 0.6) is 0 Å². The highest BCUT2D eigenvalue weighted by Gasteiger charge is 2.53. The lowest BCUT2D eigenvalue weighted by Gasteiger charge is -2.31. The highest BCUT2D eigenvalue weighted by atomic mass is 32.1. The van der Waals surface area contributed by atoms with Crippen LogP contribution in [0.2, 0.25) is 0 Å². The third-order valence-corrected chi connectivity index (χ3v) is 4.60. The second kappa shape index (κ2) is 2.55. The third-order valence-electron chi connectivity index (χ3n) is 3.35. The summed E-state index contributed by atoms with van der Waals surface area (Å²) in [5.41, 5.74) is 9.45. The summed E-state index contributed by atoms with van der Waals surface area (Å²) in [4.78, 5) is 5.64. The van der Waals surface area contributed by atoms with E-state index in [-0.39, 0.29) is 11.0 Å². The van der Waals surface area contributed by atoms with E-state index in [4.69, 9.17) is 5.73 Å². The van der Waals surface area contributed by atoms with Gasteiger partial charge >= 0.3 is 0 Å². The summed E-state index contributed by atoms with van der Waals surface area (Å²) in [6.07, 6.45) is 2.30. The van der Waals surface area contributed by atoms with Gasteiger partial charge in [0.1, 0.15) is 0 Å². The number of nitrogens with zero attached hydrogens (tertiary/aromatic N) is 1. The number of hydrogen-bond donors (Lipinski definition) is 1. The molecular weight excluding hydrogens is 180 g/mol. The SMILES string of the molecule is Cc1ncsc1C(C)(C)C1(N)CC1. The maximum absolute atomic E-state index is 6.26. The van der Waals surface area contributed by atoms with Gasteiger partial charge in [-0.3, -0.25) is 0 Å². The minimum Gasteiger partial charge on any atom is -0.324 e. The maximum atomic E-state index is 6.26. The molecule has 2 nitrogen and oxygen atoms in total. The Morgan fingerprint density at radius 3 is 2.54 bits per heavy atom. The van der Waals surface area contributed by atoms with Gasteiger partial charge in [0.15, 0.2) is 0 Å². The normalized spacial score (nSPS) is 20.3. The van der Waals surface area contributed by atoms with Crippen molar-refractivity contribution in [2.24, 2.45) is 5.73 Å². The van der Waals surface area contributed by atoms with E-state index in [9.17, 15) is 0 Å². The lowest BCUT2D eigenvalue weighted by atomic mass is 9.80. The molecule has 1 saturated carbocycles. The van der Waals surface area contributed by atoms with Gasteiger partial charge in [-0.25, -0.2) is 4.98 Å². The summed E-state index contributed by atoms with van der Waals surface area (Å²) in [7, 11) is 0. The Balaban J connectivity index is 2.40. The van der Waals surface area contributed by atoms with Crippen LogP contribution in [0.25, 0.3) is 0 Å². The molecule has 1 aromatic heterocycles. The molecule has 0 aromatic carbocycles. The molecule has 0 saturated heterocycles. The average Bonchev–Trinajstić information content (AvgIpc) is 2.63. The third kappa shape index (κ3) is 1.22. The molecule has 3 heteroatoms. The molecule has 72 valence electrons. The molecule has 1 aliphatic carbocycles. The predicted octanol–water partition coefficient (Wildman–Crippen LogP) is 2.22. The van der Waals surface area contributed by atoms with Gasteiger partial charge in [-0.15, -0.1) is 11.3 Å². The van der Waals surface area contributed by atoms with Crippen LogP contribution in [0.15, 0.2) is 5.51 Å². The Kier molecular flexibility index (Phi) is 1.79. The molecule has 0 radical (unpaired) electrons. The molecule has 2 rings (SSSR count). The summed E-state index contributed by atoms with van der Waals surface area (Å²) in [5, 5.41) is 0. The summed E-state index contributed by atoms with van der Waals surface area (Å²) in [5.74, 6) is 0. The van der Waals surface area contributed by atoms with Gasteiger partial charge in [0, 0.05) is 15.8 Å². The molecule has 0 amide bonds. The quantitative estimate of drug-likeness (QED) is 0.787. The fourth-order valence-electron chi connectivity index (χ4n) is 1.89. The second-order valence-electron chi connectivity index (χ2n) is 4.55. The van der Waals surface area contributed by atoms with Crippen molar-refractivity contribution in [2.45, 2.75) is 44.6 Å². The van der Waals surface area contributed by atoms with Gasteiger partial charge in [0.05, 0.1) is 11.2 Å². The molecule has 1 heterocycles. The van der Waals surface area contributed by atoms with Crippen LogP contribution in [0, 0.1) is 6.92 Å². The van der Waals surface area contributed by atoms with Crippen molar-refractivity contribution in [3.05, 3.63) is 16.1 Å². The highest BCUT2D eigenvalue weighted by Crippen LogP contribution is 2.50. The maximum Gasteiger partial charge on any atom is 0.0797 e. The van der Waals surface area contributed by atoms with Gasteiger partial charge in [-0.1, -0.05) is 13.8 Å². The first kappa shape index (κ1) is 9.16. The van der Waals surface area contributed by atoms with Crippen molar-refractivity contribution in [1.29, 1.82) is 0 Å². The van der Waals surface area contributed by atoms with E-state index < -0.39 is 0 Å². The first-order valence-electron chi connectivity index (χ1n) is 4.67. The van der Waals surface area contributed by atoms with Crippen LogP contribution in [0.3, 0.4) is 0 Å². The predicted molar refractivity (Wildman–Crippen MR) is 56.0 cm³/mol. The monoisotopic (exact) mass is 196 g/mol. The van der Waals surface area contributed by atoms with Crippen LogP contribution in [0.4, 0.5) is 0 Å². The second-order valence-corrected chi connectivity index (χ2v) is 5.40. The zero-order valence-corrected chi connectivity index (χ0v) is 9.24. The largest absolute Gasteiger partial charge is 0.324 e. The first-order chi connectivity index (χ1) is 5.97. The Labute approximate surface area is 83.2 Å². The molecule has 2 N–H and O–H groups in total. The fourth-order valence-corrected chi connectivity index (χ4v) is 2.92. The highest BCUT2D eigenvalue weighted by molar-refractivity contribution is 7.09. The van der Waals surface area contributed by atoms with E-state index in [2.05, 4.69) is 25.8 Å². The van der Waals surface area contributed by atoms with Crippen LogP contribution < -0.4 is 5.73 Å². The van der Waals surface area contributed by atoms with Gasteiger partial charge < -0.3 is 5.73 Å². The summed E-state index contributed by atoms with van der Waals surface area (Å²) in [6.45, 7) is 6.54. The fraction of sp³-hybridized carbons (Fsp3) is 0.700. The van der Waals surface area contributed by atoms with E-state index in [1.165, 1.54) is 4.88 Å². The van der Waals surface area contributed by atoms with Crippen LogP contribution >= 0.6 is 11.3 Å². The van der Waals surface area contributed by atoms with Gasteiger partial charge in [0.2, 0.25) is 0 Å². The zero-order chi connectivity index (χ0) is 9.69. The zero-order valence-electron chi connectivity index (χ0n) is 8.42. The summed E-state index contributed by atoms with van der Waals surface area (Å²) < 4.78 is 0. The van der Waals surface area contributed by atoms with Crippen molar-refractivity contribution in [3.63, 3.8) is 0 Å². The molecule has 0 atom stereocenters. The van der Waals surface area contributed by atoms with Crippen molar-refractivity contribution in [2.75, 3.05) is 0 Å². The van der Waals surface area contributed by atoms with Crippen LogP contribution in [-0.4, -0.2) is 10.5 Å². The van der Waals surface area contributed by atoms with Crippen molar-refractivity contribution >= 4 is 11.3 Å². The number of thiazole rings is 1. The van der Waals surface area contributed by atoms with E-state index in [0.29, 0.717) is 0 Å². The topological polar surface area (TPSA) is 38.9 Å². The first-order valence-corrected chi connectivity index (χ1v) is 5.55. The lowest BCUT2D eigenvalue weighted by molar-refractivity contribution is 0.396. The lowest BCUT2D eigenvalue weighted by Crippen LogP contribution is -2.43. The molecule has 0 spiro atoms. The Morgan fingerprint density at radius 2 is 2.15 bits per heavy atom. The molecule has 1 aliphatic rings. The van der Waals surface area contributed by atoms with Gasteiger partial charge in [-0.2, -0.15) is 0 Å². The molecule has 1 aromatic rings. The summed E-state index contributed by atoms with van der Waals surface area (Å²) >= 11 is 1.73. The number of rotatable bonds is 2. The summed E-state index contributed by atoms with van der Waals surface area (Å²) in [6, 6.07) is 0. The van der Waals surface area contributed by atoms with Gasteiger partial charge in [0.25, 0.3) is 0 Å². The average molecular weight is 196 g/mol. The van der Waals surface area contributed by atoms with Crippen molar-refractivity contribution in [3.8, 4) is 0 Å². The molecule has 0 aliphatic heterocycles. The van der Waals surface area contributed by atoms with Crippen LogP contribution in [-0.2, 0) is 5.41 Å². The van der Waals surface area contributed by atoms with E-state index in [0.717, 1.165) is 18.5 Å². The molecule has 13 heavy (non-hydrogen) atoms. The number of hydrogen-bond acceptors (Lipinski definition) is 3. The number of aromatic nitrogens is 1. The van der Waals surface area contributed by atoms with Crippen LogP contribution in [0.1, 0.15) is 37.3 Å². The van der Waals surface area contributed by atoms with E-state index >= 15 is 0 Å². The number of aryl methyl sites for hydroxylation is 1.